The number of H-pyrrole nitrogens is 1. The van der Waals surface area contributed by atoms with E-state index in [9.17, 15) is 13.2 Å². The Morgan fingerprint density at radius 3 is 2.36 bits per heavy atom. The Kier molecular flexibility index (Phi) is 4.63. The Bertz CT molecular complexity index is 1330. The highest BCUT2D eigenvalue weighted by atomic mass is 35.5. The van der Waals surface area contributed by atoms with Gasteiger partial charge in [0.05, 0.1) is 15.3 Å². The summed E-state index contributed by atoms with van der Waals surface area (Å²) in [6, 6.07) is 13.0. The number of aromatic amines is 1. The first-order chi connectivity index (χ1) is 13.3. The van der Waals surface area contributed by atoms with Crippen molar-refractivity contribution in [1.29, 1.82) is 0 Å². The van der Waals surface area contributed by atoms with Gasteiger partial charge < -0.3 is 10.3 Å². The summed E-state index contributed by atoms with van der Waals surface area (Å²) in [5.74, 6) is 0. The zero-order chi connectivity index (χ0) is 19.9. The minimum absolute atomic E-state index is 0.0136. The van der Waals surface area contributed by atoms with Gasteiger partial charge in [-0.05, 0) is 42.0 Å². The Balaban J connectivity index is 1.73. The maximum atomic E-state index is 11.9. The number of aromatic nitrogens is 3. The van der Waals surface area contributed by atoms with E-state index in [-0.39, 0.29) is 4.90 Å². The number of sulfonamides is 1. The molecule has 11 heteroatoms. The first kappa shape index (κ1) is 18.6. The molecular formula is C17H12ClN5O3S2. The van der Waals surface area contributed by atoms with Crippen LogP contribution in [-0.4, -0.2) is 23.4 Å². The number of primary sulfonamides is 1. The monoisotopic (exact) mass is 433 g/mol. The lowest BCUT2D eigenvalue weighted by atomic mass is 10.1. The summed E-state index contributed by atoms with van der Waals surface area (Å²) in [6.45, 7) is 0. The number of nitrogens with two attached hydrogens (primary N) is 1. The van der Waals surface area contributed by atoms with E-state index in [1.165, 1.54) is 23.5 Å². The number of hydrogen-bond acceptors (Lipinski definition) is 7. The molecule has 8 nitrogen and oxygen atoms in total. The standard InChI is InChI=1S/C17H12ClN5O3S2/c18-10-3-1-9(2-4-10)13-14-15(22-16(24)21-13)23-17(27-14)20-11-5-7-12(8-6-11)28(19,25)26/h1-8H,(H2,19,25,26)(H2,20,21,22,23,24). The third kappa shape index (κ3) is 3.76. The van der Waals surface area contributed by atoms with Gasteiger partial charge >= 0.3 is 5.69 Å². The highest BCUT2D eigenvalue weighted by Crippen LogP contribution is 2.33. The second-order valence-corrected chi connectivity index (χ2v) is 8.79. The highest BCUT2D eigenvalue weighted by Gasteiger charge is 2.14. The van der Waals surface area contributed by atoms with Crippen LogP contribution in [0.5, 0.6) is 0 Å². The van der Waals surface area contributed by atoms with Crippen LogP contribution in [0.3, 0.4) is 0 Å². The zero-order valence-electron chi connectivity index (χ0n) is 14.0. The van der Waals surface area contributed by atoms with Crippen LogP contribution in [-0.2, 0) is 10.0 Å². The van der Waals surface area contributed by atoms with Crippen LogP contribution in [0.15, 0.2) is 58.2 Å². The van der Waals surface area contributed by atoms with Crippen LogP contribution < -0.4 is 16.1 Å². The molecule has 2 aromatic heterocycles. The molecule has 4 rings (SSSR count). The van der Waals surface area contributed by atoms with E-state index in [4.69, 9.17) is 16.7 Å². The van der Waals surface area contributed by atoms with Crippen molar-refractivity contribution in [2.45, 2.75) is 4.90 Å². The molecule has 0 bridgehead atoms. The molecule has 0 saturated heterocycles. The first-order valence-corrected chi connectivity index (χ1v) is 10.6. The number of nitrogens with one attached hydrogen (secondary N) is 2. The van der Waals surface area contributed by atoms with E-state index in [2.05, 4.69) is 20.3 Å². The van der Waals surface area contributed by atoms with Crippen LogP contribution in [0, 0.1) is 0 Å². The number of anilines is 2. The summed E-state index contributed by atoms with van der Waals surface area (Å²) in [7, 11) is -3.76. The predicted molar refractivity (Wildman–Crippen MR) is 110 cm³/mol. The topological polar surface area (TPSA) is 131 Å². The van der Waals surface area contributed by atoms with Crippen molar-refractivity contribution >= 4 is 54.1 Å². The molecule has 0 fully saturated rings. The summed E-state index contributed by atoms with van der Waals surface area (Å²) in [6.07, 6.45) is 0. The van der Waals surface area contributed by atoms with Crippen molar-refractivity contribution in [3.63, 3.8) is 0 Å². The lowest BCUT2D eigenvalue weighted by Gasteiger charge is -2.03. The van der Waals surface area contributed by atoms with Crippen molar-refractivity contribution in [2.75, 3.05) is 5.32 Å². The van der Waals surface area contributed by atoms with Crippen LogP contribution >= 0.6 is 22.9 Å². The van der Waals surface area contributed by atoms with Gasteiger partial charge in [-0.2, -0.15) is 9.97 Å². The molecule has 0 radical (unpaired) electrons. The fraction of sp³-hybridized carbons (Fsp3) is 0. The molecular weight excluding hydrogens is 422 g/mol. The lowest BCUT2D eigenvalue weighted by molar-refractivity contribution is 0.598. The number of nitrogens with zero attached hydrogens (tertiary/aromatic N) is 2. The number of halogens is 1. The Labute approximate surface area is 168 Å². The van der Waals surface area contributed by atoms with Crippen LogP contribution in [0.4, 0.5) is 10.8 Å². The van der Waals surface area contributed by atoms with E-state index in [1.54, 1.807) is 36.4 Å². The number of benzene rings is 2. The fourth-order valence-electron chi connectivity index (χ4n) is 2.56. The summed E-state index contributed by atoms with van der Waals surface area (Å²) < 4.78 is 23.4. The Morgan fingerprint density at radius 1 is 1.04 bits per heavy atom. The lowest BCUT2D eigenvalue weighted by Crippen LogP contribution is -2.11. The van der Waals surface area contributed by atoms with Crippen molar-refractivity contribution < 1.29 is 8.42 Å². The highest BCUT2D eigenvalue weighted by molar-refractivity contribution is 7.89. The van der Waals surface area contributed by atoms with Crippen molar-refractivity contribution in [1.82, 2.24) is 15.0 Å². The Morgan fingerprint density at radius 2 is 1.71 bits per heavy atom. The second kappa shape index (κ2) is 6.99. The molecule has 0 amide bonds. The molecule has 0 unspecified atom stereocenters. The number of rotatable bonds is 4. The molecule has 0 aliphatic carbocycles. The van der Waals surface area contributed by atoms with E-state index < -0.39 is 15.7 Å². The molecule has 0 aliphatic heterocycles. The third-order valence-corrected chi connectivity index (χ3v) is 6.00. The van der Waals surface area contributed by atoms with Gasteiger partial charge in [0, 0.05) is 10.7 Å². The quantitative estimate of drug-likeness (QED) is 0.453. The molecule has 4 N–H and O–H groups in total. The van der Waals surface area contributed by atoms with Gasteiger partial charge in [0.15, 0.2) is 10.8 Å². The van der Waals surface area contributed by atoms with Gasteiger partial charge in [0.2, 0.25) is 10.0 Å². The molecule has 2 heterocycles. The van der Waals surface area contributed by atoms with Gasteiger partial charge in [-0.1, -0.05) is 35.1 Å². The number of fused-ring (bicyclic) bond motifs is 1. The van der Waals surface area contributed by atoms with Crippen molar-refractivity contribution in [3.05, 3.63) is 64.0 Å². The molecule has 0 aliphatic rings. The van der Waals surface area contributed by atoms with Crippen molar-refractivity contribution in [2.24, 2.45) is 5.14 Å². The fourth-order valence-corrected chi connectivity index (χ4v) is 4.15. The van der Waals surface area contributed by atoms with E-state index in [0.29, 0.717) is 31.9 Å². The summed E-state index contributed by atoms with van der Waals surface area (Å²) in [5, 5.41) is 9.26. The zero-order valence-corrected chi connectivity index (χ0v) is 16.4. The summed E-state index contributed by atoms with van der Waals surface area (Å²) >= 11 is 7.24. The van der Waals surface area contributed by atoms with Crippen LogP contribution in [0.1, 0.15) is 0 Å². The SMILES string of the molecule is NS(=O)(=O)c1ccc(Nc2nc3nc(=O)[nH]c(-c4ccc(Cl)cc4)c3s2)cc1. The predicted octanol–water partition coefficient (Wildman–Crippen LogP) is 3.09. The van der Waals surface area contributed by atoms with Crippen molar-refractivity contribution in [3.8, 4) is 11.3 Å². The minimum atomic E-state index is -3.76. The maximum absolute atomic E-state index is 11.9. The van der Waals surface area contributed by atoms with Crippen LogP contribution in [0.2, 0.25) is 5.02 Å². The molecule has 28 heavy (non-hydrogen) atoms. The van der Waals surface area contributed by atoms with Gasteiger partial charge in [-0.3, -0.25) is 0 Å². The molecule has 4 aromatic rings. The molecule has 0 spiro atoms. The Hall–Kier alpha value is -2.79. The molecule has 2 aromatic carbocycles. The van der Waals surface area contributed by atoms with Gasteiger partial charge in [0.25, 0.3) is 0 Å². The first-order valence-electron chi connectivity index (χ1n) is 7.86. The third-order valence-electron chi connectivity index (χ3n) is 3.84. The summed E-state index contributed by atoms with van der Waals surface area (Å²) in [4.78, 5) is 22.9. The molecule has 0 saturated carbocycles. The number of hydrogen-bond donors (Lipinski definition) is 3. The van der Waals surface area contributed by atoms with Gasteiger partial charge in [0.1, 0.15) is 0 Å². The van der Waals surface area contributed by atoms with E-state index >= 15 is 0 Å². The average molecular weight is 434 g/mol. The largest absolute Gasteiger partial charge is 0.347 e. The van der Waals surface area contributed by atoms with Crippen LogP contribution in [0.25, 0.3) is 21.6 Å². The maximum Gasteiger partial charge on any atom is 0.347 e. The van der Waals surface area contributed by atoms with Gasteiger partial charge in [-0.15, -0.1) is 0 Å². The molecule has 142 valence electrons. The minimum Gasteiger partial charge on any atom is -0.331 e. The smallest absolute Gasteiger partial charge is 0.331 e. The average Bonchev–Trinajstić information content (AvgIpc) is 3.03. The normalized spacial score (nSPS) is 11.6. The van der Waals surface area contributed by atoms with E-state index in [1.807, 2.05) is 0 Å². The second-order valence-electron chi connectivity index (χ2n) is 5.79. The van der Waals surface area contributed by atoms with E-state index in [0.717, 1.165) is 5.56 Å². The summed E-state index contributed by atoms with van der Waals surface area (Å²) in [5.41, 5.74) is 1.79. The van der Waals surface area contributed by atoms with Gasteiger partial charge in [-0.25, -0.2) is 18.4 Å². The molecule has 0 atom stereocenters. The number of thiazole rings is 1.